The van der Waals surface area contributed by atoms with Gasteiger partial charge in [0.1, 0.15) is 15.8 Å². The average Bonchev–Trinajstić information content (AvgIpc) is 2.99. The Labute approximate surface area is 185 Å². The zero-order chi connectivity index (χ0) is 21.4. The first-order chi connectivity index (χ1) is 14.4. The molecule has 4 rings (SSSR count). The van der Waals surface area contributed by atoms with Crippen molar-refractivity contribution in [3.8, 4) is 0 Å². The zero-order valence-corrected chi connectivity index (χ0v) is 18.8. The molecule has 8 heteroatoms. The smallest absolute Gasteiger partial charge is 0.267 e. The Bertz CT molecular complexity index is 1130. The Balaban J connectivity index is 1.88. The summed E-state index contributed by atoms with van der Waals surface area (Å²) in [5.41, 5.74) is 1.84. The minimum absolute atomic E-state index is 0.175. The summed E-state index contributed by atoms with van der Waals surface area (Å²) in [7, 11) is 0. The summed E-state index contributed by atoms with van der Waals surface area (Å²) in [5, 5.41) is 0. The van der Waals surface area contributed by atoms with Crippen molar-refractivity contribution in [3.05, 3.63) is 57.4 Å². The quantitative estimate of drug-likeness (QED) is 0.411. The fourth-order valence-electron chi connectivity index (χ4n) is 3.81. The Hall–Kier alpha value is -2.45. The highest BCUT2D eigenvalue weighted by Gasteiger charge is 2.32. The second-order valence-electron chi connectivity index (χ2n) is 7.79. The fourth-order valence-corrected chi connectivity index (χ4v) is 5.06. The highest BCUT2D eigenvalue weighted by atomic mass is 32.2. The molecule has 1 amide bonds. The van der Waals surface area contributed by atoms with E-state index in [-0.39, 0.29) is 11.5 Å². The third kappa shape index (κ3) is 3.70. The van der Waals surface area contributed by atoms with Crippen LogP contribution in [0.1, 0.15) is 30.9 Å². The van der Waals surface area contributed by atoms with Gasteiger partial charge in [0.2, 0.25) is 0 Å². The predicted octanol–water partition coefficient (Wildman–Crippen LogP) is 3.63. The third-order valence-corrected chi connectivity index (χ3v) is 6.99. The molecule has 0 N–H and O–H groups in total. The topological polar surface area (TPSA) is 57.9 Å². The number of rotatable bonds is 4. The van der Waals surface area contributed by atoms with Crippen molar-refractivity contribution in [2.75, 3.05) is 24.5 Å². The van der Waals surface area contributed by atoms with Crippen LogP contribution in [0.2, 0.25) is 0 Å². The molecule has 30 heavy (non-hydrogen) atoms. The van der Waals surface area contributed by atoms with Crippen LogP contribution in [0.15, 0.2) is 40.7 Å². The van der Waals surface area contributed by atoms with Gasteiger partial charge in [0.05, 0.1) is 10.5 Å². The van der Waals surface area contributed by atoms with Gasteiger partial charge in [-0.2, -0.15) is 0 Å². The van der Waals surface area contributed by atoms with E-state index >= 15 is 0 Å². The number of anilines is 1. The monoisotopic (exact) mass is 440 g/mol. The summed E-state index contributed by atoms with van der Waals surface area (Å²) in [6.07, 6.45) is 7.13. The van der Waals surface area contributed by atoms with Crippen molar-refractivity contribution in [1.29, 1.82) is 0 Å². The molecule has 2 aliphatic rings. The van der Waals surface area contributed by atoms with Crippen LogP contribution < -0.4 is 10.5 Å². The Morgan fingerprint density at radius 3 is 2.77 bits per heavy atom. The molecule has 0 unspecified atom stereocenters. The molecule has 0 saturated carbocycles. The number of hydrogen-bond acceptors (Lipinski definition) is 6. The van der Waals surface area contributed by atoms with Crippen LogP contribution in [0.3, 0.4) is 0 Å². The molecule has 2 aromatic heterocycles. The van der Waals surface area contributed by atoms with Gasteiger partial charge in [0.25, 0.3) is 11.5 Å². The number of piperidine rings is 1. The molecule has 0 spiro atoms. The molecule has 0 aliphatic carbocycles. The highest BCUT2D eigenvalue weighted by molar-refractivity contribution is 8.26. The number of amides is 1. The van der Waals surface area contributed by atoms with Gasteiger partial charge in [-0.1, -0.05) is 43.0 Å². The van der Waals surface area contributed by atoms with Crippen LogP contribution in [-0.4, -0.2) is 44.1 Å². The second-order valence-corrected chi connectivity index (χ2v) is 9.47. The molecular weight excluding hydrogens is 416 g/mol. The van der Waals surface area contributed by atoms with Crippen LogP contribution in [0.4, 0.5) is 5.82 Å². The number of thiocarbonyl (C=S) groups is 1. The molecule has 2 aliphatic heterocycles. The van der Waals surface area contributed by atoms with Gasteiger partial charge in [-0.3, -0.25) is 18.9 Å². The molecule has 4 heterocycles. The SMILES string of the molecule is C=CCN1C(=O)/C(=C/c2c(N3CCC(C)CC3)nc3c(C)cccn3c2=O)SC1=S. The van der Waals surface area contributed by atoms with Crippen molar-refractivity contribution in [2.24, 2.45) is 5.92 Å². The number of carbonyl (C=O) groups excluding carboxylic acids is 1. The van der Waals surface area contributed by atoms with Gasteiger partial charge in [0.15, 0.2) is 0 Å². The van der Waals surface area contributed by atoms with Crippen LogP contribution in [0.25, 0.3) is 11.7 Å². The van der Waals surface area contributed by atoms with Crippen LogP contribution >= 0.6 is 24.0 Å². The number of aromatic nitrogens is 2. The molecule has 0 atom stereocenters. The van der Waals surface area contributed by atoms with Crippen LogP contribution in [-0.2, 0) is 4.79 Å². The number of carbonyl (C=O) groups is 1. The van der Waals surface area contributed by atoms with Gasteiger partial charge in [-0.05, 0) is 43.4 Å². The normalized spacial score (nSPS) is 19.3. The van der Waals surface area contributed by atoms with Gasteiger partial charge in [0, 0.05) is 25.8 Å². The van der Waals surface area contributed by atoms with E-state index in [1.165, 1.54) is 16.7 Å². The standard InChI is InChI=1S/C22H24N4O2S2/c1-4-9-26-21(28)17(30-22(26)29)13-16-19(24-11-7-14(2)8-12-24)23-18-15(3)6-5-10-25(18)20(16)27/h4-6,10,13-14H,1,7-9,11-12H2,2-3H3/b17-13-. The zero-order valence-electron chi connectivity index (χ0n) is 17.1. The fraction of sp³-hybridized carbons (Fsp3) is 0.364. The van der Waals surface area contributed by atoms with E-state index in [9.17, 15) is 9.59 Å². The molecule has 6 nitrogen and oxygen atoms in total. The van der Waals surface area contributed by atoms with E-state index in [0.29, 0.717) is 38.7 Å². The van der Waals surface area contributed by atoms with E-state index in [2.05, 4.69) is 18.4 Å². The van der Waals surface area contributed by atoms with Gasteiger partial charge >= 0.3 is 0 Å². The first kappa shape index (κ1) is 20.8. The summed E-state index contributed by atoms with van der Waals surface area (Å²) in [5.74, 6) is 1.11. The molecule has 0 aromatic carbocycles. The number of thioether (sulfide) groups is 1. The summed E-state index contributed by atoms with van der Waals surface area (Å²) >= 11 is 6.56. The number of pyridine rings is 1. The summed E-state index contributed by atoms with van der Waals surface area (Å²) in [6.45, 7) is 9.92. The van der Waals surface area contributed by atoms with E-state index < -0.39 is 0 Å². The van der Waals surface area contributed by atoms with Crippen molar-refractivity contribution < 1.29 is 4.79 Å². The van der Waals surface area contributed by atoms with Gasteiger partial charge < -0.3 is 4.90 Å². The minimum Gasteiger partial charge on any atom is -0.356 e. The maximum atomic E-state index is 13.5. The lowest BCUT2D eigenvalue weighted by atomic mass is 9.99. The largest absolute Gasteiger partial charge is 0.356 e. The predicted molar refractivity (Wildman–Crippen MR) is 127 cm³/mol. The van der Waals surface area contributed by atoms with E-state index in [4.69, 9.17) is 17.2 Å². The molecule has 2 saturated heterocycles. The first-order valence-electron chi connectivity index (χ1n) is 10.0. The van der Waals surface area contributed by atoms with Crippen LogP contribution in [0.5, 0.6) is 0 Å². The van der Waals surface area contributed by atoms with Crippen molar-refractivity contribution in [3.63, 3.8) is 0 Å². The summed E-state index contributed by atoms with van der Waals surface area (Å²) in [6, 6.07) is 3.78. The lowest BCUT2D eigenvalue weighted by Gasteiger charge is -2.32. The second kappa shape index (κ2) is 8.35. The molecule has 0 bridgehead atoms. The summed E-state index contributed by atoms with van der Waals surface area (Å²) in [4.78, 5) is 35.3. The van der Waals surface area contributed by atoms with Crippen LogP contribution in [0, 0.1) is 12.8 Å². The Kier molecular flexibility index (Phi) is 5.79. The molecule has 156 valence electrons. The minimum atomic E-state index is -0.197. The average molecular weight is 441 g/mol. The molecule has 0 radical (unpaired) electrons. The Morgan fingerprint density at radius 1 is 1.33 bits per heavy atom. The van der Waals surface area contributed by atoms with Gasteiger partial charge in [-0.25, -0.2) is 4.98 Å². The van der Waals surface area contributed by atoms with Crippen molar-refractivity contribution >= 4 is 51.7 Å². The maximum absolute atomic E-state index is 13.5. The number of aryl methyl sites for hydroxylation is 1. The lowest BCUT2D eigenvalue weighted by Crippen LogP contribution is -2.36. The maximum Gasteiger partial charge on any atom is 0.267 e. The van der Waals surface area contributed by atoms with E-state index in [0.717, 1.165) is 31.5 Å². The summed E-state index contributed by atoms with van der Waals surface area (Å²) < 4.78 is 2.03. The van der Waals surface area contributed by atoms with Crippen molar-refractivity contribution in [2.45, 2.75) is 26.7 Å². The third-order valence-electron chi connectivity index (χ3n) is 5.61. The molecular formula is C22H24N4O2S2. The van der Waals surface area contributed by atoms with E-state index in [1.54, 1.807) is 22.7 Å². The molecule has 2 aromatic rings. The van der Waals surface area contributed by atoms with Crippen molar-refractivity contribution in [1.82, 2.24) is 14.3 Å². The van der Waals surface area contributed by atoms with E-state index in [1.807, 2.05) is 19.1 Å². The lowest BCUT2D eigenvalue weighted by molar-refractivity contribution is -0.121. The van der Waals surface area contributed by atoms with Gasteiger partial charge in [-0.15, -0.1) is 6.58 Å². The molecule has 2 fully saturated rings. The first-order valence-corrected chi connectivity index (χ1v) is 11.3. The number of hydrogen-bond donors (Lipinski definition) is 0. The Morgan fingerprint density at radius 2 is 2.07 bits per heavy atom. The highest BCUT2D eigenvalue weighted by Crippen LogP contribution is 2.34. The number of nitrogens with zero attached hydrogens (tertiary/aromatic N) is 4. The number of fused-ring (bicyclic) bond motifs is 1.